The molecule has 0 saturated heterocycles. The second kappa shape index (κ2) is 5.09. The fourth-order valence-electron chi connectivity index (χ4n) is 1.38. The summed E-state index contributed by atoms with van der Waals surface area (Å²) in [6.07, 6.45) is 0. The van der Waals surface area contributed by atoms with Crippen LogP contribution in [0.15, 0.2) is 60.7 Å². The molecule has 64 valence electrons. The summed E-state index contributed by atoms with van der Waals surface area (Å²) in [5, 5.41) is 0. The van der Waals surface area contributed by atoms with Crippen molar-refractivity contribution in [2.24, 2.45) is 0 Å². The van der Waals surface area contributed by atoms with Crippen molar-refractivity contribution in [1.82, 2.24) is 0 Å². The van der Waals surface area contributed by atoms with Gasteiger partial charge in [-0.05, 0) is 0 Å². The minimum atomic E-state index is -1.11. The normalized spacial score (nSPS) is 9.86. The summed E-state index contributed by atoms with van der Waals surface area (Å²) < 4.78 is 3.16. The number of hydrogen-bond acceptors (Lipinski definition) is 0. The fraction of sp³-hybridized carbons (Fsp3) is 0. The van der Waals surface area contributed by atoms with Gasteiger partial charge in [-0.3, -0.25) is 0 Å². The van der Waals surface area contributed by atoms with Gasteiger partial charge in [0.05, 0.1) is 0 Å². The van der Waals surface area contributed by atoms with Crippen LogP contribution in [0.5, 0.6) is 0 Å². The minimum absolute atomic E-state index is 1.11. The molecule has 0 amide bonds. The van der Waals surface area contributed by atoms with Crippen LogP contribution in [0.25, 0.3) is 0 Å². The van der Waals surface area contributed by atoms with Crippen LogP contribution in [0.4, 0.5) is 0 Å². The van der Waals surface area contributed by atoms with Gasteiger partial charge in [0, 0.05) is 0 Å². The number of rotatable bonds is 2. The quantitative estimate of drug-likeness (QED) is 0.733. The molecule has 0 atom stereocenters. The third-order valence-corrected chi connectivity index (χ3v) is 13.3. The van der Waals surface area contributed by atoms with Crippen LogP contribution in [-0.4, -0.2) is 9.98 Å². The molecular weight excluding hydrogens is 308 g/mol. The van der Waals surface area contributed by atoms with Crippen LogP contribution in [0.1, 0.15) is 0 Å². The fourth-order valence-corrected chi connectivity index (χ4v) is 8.54. The monoisotopic (exact) mass is 318 g/mol. The van der Waals surface area contributed by atoms with Gasteiger partial charge in [0.2, 0.25) is 0 Å². The van der Waals surface area contributed by atoms with Crippen molar-refractivity contribution in [2.75, 3.05) is 0 Å². The molecule has 0 spiro atoms. The van der Waals surface area contributed by atoms with E-state index in [0.717, 1.165) is 0 Å². The van der Waals surface area contributed by atoms with Crippen LogP contribution in [0, 0.1) is 0 Å². The Morgan fingerprint density at radius 3 is 1.36 bits per heavy atom. The maximum absolute atomic E-state index is 2.27. The number of benzene rings is 2. The van der Waals surface area contributed by atoms with E-state index in [2.05, 4.69) is 60.7 Å². The zero-order valence-electron chi connectivity index (χ0n) is 7.77. The van der Waals surface area contributed by atoms with Crippen molar-refractivity contribution >= 4 is 18.8 Å². The summed E-state index contributed by atoms with van der Waals surface area (Å²) in [6, 6.07) is 21.9. The van der Waals surface area contributed by atoms with Crippen molar-refractivity contribution in [1.29, 1.82) is 0 Å². The van der Waals surface area contributed by atoms with E-state index in [0.29, 0.717) is 0 Å². The van der Waals surface area contributed by atoms with Crippen molar-refractivity contribution < 1.29 is 21.6 Å². The molecule has 0 aliphatic heterocycles. The Hall–Kier alpha value is -0.134. The molecule has 2 aromatic carbocycles. The molecule has 0 N–H and O–H groups in total. The van der Waals surface area contributed by atoms with E-state index in [1.165, 1.54) is 0 Å². The first-order valence-electron chi connectivity index (χ1n) is 4.57. The molecule has 0 bridgehead atoms. The van der Waals surface area contributed by atoms with E-state index >= 15 is 0 Å². The summed E-state index contributed by atoms with van der Waals surface area (Å²) in [5.41, 5.74) is 0. The van der Waals surface area contributed by atoms with Crippen LogP contribution in [0.3, 0.4) is 0 Å². The van der Waals surface area contributed by atoms with Crippen molar-refractivity contribution in [3.8, 4) is 0 Å². The van der Waals surface area contributed by atoms with Gasteiger partial charge in [-0.1, -0.05) is 0 Å². The molecular formula is C12H10GeZr+2. The Labute approximate surface area is 100 Å². The Morgan fingerprint density at radius 1 is 0.643 bits per heavy atom. The zero-order valence-corrected chi connectivity index (χ0v) is 12.3. The van der Waals surface area contributed by atoms with Crippen LogP contribution >= 0.6 is 0 Å². The first-order valence-corrected chi connectivity index (χ1v) is 14.1. The maximum atomic E-state index is 2.27. The van der Waals surface area contributed by atoms with E-state index in [1.807, 2.05) is 0 Å². The second-order valence-electron chi connectivity index (χ2n) is 3.11. The van der Waals surface area contributed by atoms with Crippen molar-refractivity contribution in [2.45, 2.75) is 0 Å². The van der Waals surface area contributed by atoms with Gasteiger partial charge in [0.15, 0.2) is 0 Å². The third kappa shape index (κ3) is 2.46. The molecule has 0 aliphatic carbocycles. The summed E-state index contributed by atoms with van der Waals surface area (Å²) in [7, 11) is -1.11. The van der Waals surface area contributed by atoms with Gasteiger partial charge >= 0.3 is 101 Å². The Bertz CT molecular complexity index is 381. The summed E-state index contributed by atoms with van der Waals surface area (Å²) in [6.45, 7) is 0. The van der Waals surface area contributed by atoms with E-state index in [1.54, 1.807) is 30.4 Å². The summed E-state index contributed by atoms with van der Waals surface area (Å²) in [4.78, 5) is 0. The molecule has 14 heavy (non-hydrogen) atoms. The van der Waals surface area contributed by atoms with Crippen LogP contribution in [-0.2, 0) is 21.6 Å². The Kier molecular flexibility index (Phi) is 3.78. The van der Waals surface area contributed by atoms with Gasteiger partial charge in [0.25, 0.3) is 0 Å². The molecule has 2 aromatic rings. The van der Waals surface area contributed by atoms with E-state index < -0.39 is 9.98 Å². The predicted octanol–water partition coefficient (Wildman–Crippen LogP) is 1.34. The molecule has 0 nitrogen and oxygen atoms in total. The molecule has 0 aliphatic rings. The molecule has 0 saturated carbocycles. The topological polar surface area (TPSA) is 0 Å². The molecule has 0 fully saturated rings. The van der Waals surface area contributed by atoms with Gasteiger partial charge in [-0.2, -0.15) is 0 Å². The Balaban J connectivity index is 2.35. The summed E-state index contributed by atoms with van der Waals surface area (Å²) >= 11 is 1.71. The van der Waals surface area contributed by atoms with Crippen molar-refractivity contribution in [3.63, 3.8) is 0 Å². The second-order valence-corrected chi connectivity index (χ2v) is 13.5. The molecule has 0 radical (unpaired) electrons. The standard InChI is InChI=1S/C12H10Ge.Zr/c1-3-7-11(8-4-1)13-12-9-5-2-6-10-12;/h1-10H;/q;+2. The van der Waals surface area contributed by atoms with Gasteiger partial charge in [0.1, 0.15) is 0 Å². The molecule has 0 heterocycles. The first-order chi connectivity index (χ1) is 6.88. The molecule has 2 heteroatoms. The number of hydrogen-bond donors (Lipinski definition) is 0. The molecule has 0 unspecified atom stereocenters. The van der Waals surface area contributed by atoms with Gasteiger partial charge in [-0.15, -0.1) is 0 Å². The van der Waals surface area contributed by atoms with E-state index in [4.69, 9.17) is 0 Å². The van der Waals surface area contributed by atoms with Crippen LogP contribution < -0.4 is 8.79 Å². The average Bonchev–Trinajstić information content (AvgIpc) is 2.30. The first kappa shape index (κ1) is 10.4. The third-order valence-electron chi connectivity index (χ3n) is 2.12. The SMILES string of the molecule is [Zr+2]=[Ge]([c]1ccccc1)[c]1ccccc1. The van der Waals surface area contributed by atoms with Gasteiger partial charge < -0.3 is 0 Å². The van der Waals surface area contributed by atoms with Crippen molar-refractivity contribution in [3.05, 3.63) is 60.7 Å². The summed E-state index contributed by atoms with van der Waals surface area (Å²) in [5.74, 6) is 0. The van der Waals surface area contributed by atoms with Gasteiger partial charge in [-0.25, -0.2) is 0 Å². The molecule has 2 rings (SSSR count). The van der Waals surface area contributed by atoms with Crippen LogP contribution in [0.2, 0.25) is 0 Å². The molecule has 0 aromatic heterocycles. The predicted molar refractivity (Wildman–Crippen MR) is 57.9 cm³/mol. The Morgan fingerprint density at radius 2 is 1.00 bits per heavy atom. The van der Waals surface area contributed by atoms with E-state index in [9.17, 15) is 0 Å². The van der Waals surface area contributed by atoms with E-state index in [-0.39, 0.29) is 0 Å². The average molecular weight is 318 g/mol. The zero-order chi connectivity index (χ0) is 9.80.